The van der Waals surface area contributed by atoms with Crippen molar-refractivity contribution >= 4 is 34.3 Å². The molecule has 6 heteroatoms. The molecular weight excluding hydrogens is 382 g/mol. The summed E-state index contributed by atoms with van der Waals surface area (Å²) in [5.74, 6) is 0. The fraction of sp³-hybridized carbons (Fsp3) is 0.350. The largest absolute Gasteiger partial charge is 0.309 e. The van der Waals surface area contributed by atoms with Gasteiger partial charge in [0.25, 0.3) is 0 Å². The van der Waals surface area contributed by atoms with E-state index in [1.807, 2.05) is 35.6 Å². The molecule has 4 rings (SSSR count). The van der Waals surface area contributed by atoms with E-state index < -0.39 is 0 Å². The number of halogens is 1. The molecule has 1 aliphatic heterocycles. The molecule has 3 heterocycles. The number of hydrogen-bond donors (Lipinski definition) is 1. The van der Waals surface area contributed by atoms with Crippen molar-refractivity contribution < 1.29 is 0 Å². The van der Waals surface area contributed by atoms with Gasteiger partial charge in [-0.2, -0.15) is 0 Å². The lowest BCUT2D eigenvalue weighted by molar-refractivity contribution is 0.241. The highest BCUT2D eigenvalue weighted by atomic mass is 35.5. The summed E-state index contributed by atoms with van der Waals surface area (Å²) < 4.78 is 0. The first kappa shape index (κ1) is 18.1. The minimum Gasteiger partial charge on any atom is -0.309 e. The van der Waals surface area contributed by atoms with Gasteiger partial charge in [-0.1, -0.05) is 29.8 Å². The van der Waals surface area contributed by atoms with E-state index in [1.165, 1.54) is 30.8 Å². The molecule has 0 bridgehead atoms. The standard InChI is InChI=1S/C20H22ClN3S2/c21-16-7-5-15(6-8-16)20-23-17(14-26-20)12-22-13-18(19-4-3-11-25-19)24-9-1-2-10-24/h3-8,11,14,18,22H,1-2,9-10,12-13H2/t18-/m0/s1. The van der Waals surface area contributed by atoms with Crippen molar-refractivity contribution in [2.75, 3.05) is 19.6 Å². The zero-order valence-corrected chi connectivity index (χ0v) is 16.9. The Balaban J connectivity index is 1.37. The van der Waals surface area contributed by atoms with Gasteiger partial charge in [0.1, 0.15) is 5.01 Å². The summed E-state index contributed by atoms with van der Waals surface area (Å²) in [7, 11) is 0. The summed E-state index contributed by atoms with van der Waals surface area (Å²) >= 11 is 9.52. The van der Waals surface area contributed by atoms with Crippen molar-refractivity contribution in [1.82, 2.24) is 15.2 Å². The van der Waals surface area contributed by atoms with Crippen LogP contribution in [0.2, 0.25) is 5.02 Å². The molecule has 2 aromatic heterocycles. The Bertz CT molecular complexity index is 808. The summed E-state index contributed by atoms with van der Waals surface area (Å²) in [6.07, 6.45) is 2.64. The van der Waals surface area contributed by atoms with E-state index in [9.17, 15) is 0 Å². The van der Waals surface area contributed by atoms with Crippen molar-refractivity contribution in [1.29, 1.82) is 0 Å². The number of thiophene rings is 1. The SMILES string of the molecule is Clc1ccc(-c2nc(CNC[C@@H](c3cccs3)N3CCCC3)cs2)cc1. The van der Waals surface area contributed by atoms with Gasteiger partial charge in [0.05, 0.1) is 11.7 Å². The summed E-state index contributed by atoms with van der Waals surface area (Å²) in [6, 6.07) is 12.8. The molecule has 1 aromatic carbocycles. The first-order chi connectivity index (χ1) is 12.8. The van der Waals surface area contributed by atoms with Crippen LogP contribution in [-0.2, 0) is 6.54 Å². The first-order valence-corrected chi connectivity index (χ1v) is 11.1. The molecule has 0 unspecified atom stereocenters. The first-order valence-electron chi connectivity index (χ1n) is 8.98. The van der Waals surface area contributed by atoms with Gasteiger partial charge in [0, 0.05) is 33.9 Å². The second kappa shape index (κ2) is 8.63. The minimum atomic E-state index is 0.479. The Morgan fingerprint density at radius 2 is 1.92 bits per heavy atom. The predicted molar refractivity (Wildman–Crippen MR) is 112 cm³/mol. The van der Waals surface area contributed by atoms with Gasteiger partial charge in [0.15, 0.2) is 0 Å². The Kier molecular flexibility index (Phi) is 6.02. The monoisotopic (exact) mass is 403 g/mol. The van der Waals surface area contributed by atoms with E-state index in [0.29, 0.717) is 6.04 Å². The van der Waals surface area contributed by atoms with Crippen LogP contribution in [0.1, 0.15) is 29.5 Å². The number of thiazole rings is 1. The van der Waals surface area contributed by atoms with Crippen LogP contribution < -0.4 is 5.32 Å². The number of nitrogens with one attached hydrogen (secondary N) is 1. The molecule has 0 spiro atoms. The average Bonchev–Trinajstić information content (AvgIpc) is 3.41. The van der Waals surface area contributed by atoms with Crippen molar-refractivity contribution in [2.45, 2.75) is 25.4 Å². The van der Waals surface area contributed by atoms with Crippen molar-refractivity contribution in [2.24, 2.45) is 0 Å². The third-order valence-electron chi connectivity index (χ3n) is 4.74. The van der Waals surface area contributed by atoms with Crippen molar-refractivity contribution in [3.8, 4) is 10.6 Å². The molecule has 3 aromatic rings. The highest BCUT2D eigenvalue weighted by Crippen LogP contribution is 2.28. The predicted octanol–water partition coefficient (Wildman–Crippen LogP) is 5.45. The smallest absolute Gasteiger partial charge is 0.123 e. The van der Waals surface area contributed by atoms with Gasteiger partial charge in [-0.25, -0.2) is 4.98 Å². The third-order valence-corrected chi connectivity index (χ3v) is 6.91. The van der Waals surface area contributed by atoms with Crippen LogP contribution in [0.15, 0.2) is 47.2 Å². The average molecular weight is 404 g/mol. The van der Waals surface area contributed by atoms with Crippen LogP contribution in [0.25, 0.3) is 10.6 Å². The fourth-order valence-corrected chi connectivity index (χ4v) is 5.21. The number of likely N-dealkylation sites (tertiary alicyclic amines) is 1. The van der Waals surface area contributed by atoms with Crippen LogP contribution in [0.5, 0.6) is 0 Å². The van der Waals surface area contributed by atoms with E-state index in [0.717, 1.165) is 34.4 Å². The molecule has 0 radical (unpaired) electrons. The highest BCUT2D eigenvalue weighted by molar-refractivity contribution is 7.13. The van der Waals surface area contributed by atoms with Crippen molar-refractivity contribution in [3.05, 3.63) is 62.8 Å². The zero-order valence-electron chi connectivity index (χ0n) is 14.5. The quantitative estimate of drug-likeness (QED) is 0.568. The Morgan fingerprint density at radius 1 is 1.12 bits per heavy atom. The molecule has 0 amide bonds. The van der Waals surface area contributed by atoms with E-state index >= 15 is 0 Å². The molecule has 1 atom stereocenters. The second-order valence-corrected chi connectivity index (χ2v) is 8.83. The number of hydrogen-bond acceptors (Lipinski definition) is 5. The highest BCUT2D eigenvalue weighted by Gasteiger charge is 2.23. The lowest BCUT2D eigenvalue weighted by Crippen LogP contribution is -2.33. The molecule has 1 aliphatic rings. The zero-order chi connectivity index (χ0) is 17.8. The van der Waals surface area contributed by atoms with Gasteiger partial charge < -0.3 is 5.32 Å². The van der Waals surface area contributed by atoms with E-state index in [-0.39, 0.29) is 0 Å². The summed E-state index contributed by atoms with van der Waals surface area (Å²) in [6.45, 7) is 4.19. The normalized spacial score (nSPS) is 16.2. The van der Waals surface area contributed by atoms with Gasteiger partial charge >= 0.3 is 0 Å². The lowest BCUT2D eigenvalue weighted by atomic mass is 10.2. The molecule has 136 valence electrons. The molecule has 26 heavy (non-hydrogen) atoms. The Labute approximate surface area is 167 Å². The lowest BCUT2D eigenvalue weighted by Gasteiger charge is -2.26. The van der Waals surface area contributed by atoms with Gasteiger partial charge in [0.2, 0.25) is 0 Å². The van der Waals surface area contributed by atoms with Crippen LogP contribution in [0.3, 0.4) is 0 Å². The summed E-state index contributed by atoms with van der Waals surface area (Å²) in [5, 5.41) is 9.76. The van der Waals surface area contributed by atoms with E-state index in [2.05, 4.69) is 33.1 Å². The fourth-order valence-electron chi connectivity index (χ4n) is 3.39. The number of rotatable bonds is 7. The Hall–Kier alpha value is -1.24. The molecular formula is C20H22ClN3S2. The Morgan fingerprint density at radius 3 is 2.65 bits per heavy atom. The topological polar surface area (TPSA) is 28.2 Å². The van der Waals surface area contributed by atoms with E-state index in [4.69, 9.17) is 16.6 Å². The molecule has 0 aliphatic carbocycles. The van der Waals surface area contributed by atoms with Crippen LogP contribution in [-0.4, -0.2) is 29.5 Å². The molecule has 0 saturated carbocycles. The van der Waals surface area contributed by atoms with Crippen molar-refractivity contribution in [3.63, 3.8) is 0 Å². The molecule has 1 saturated heterocycles. The van der Waals surface area contributed by atoms with E-state index in [1.54, 1.807) is 11.3 Å². The van der Waals surface area contributed by atoms with Crippen LogP contribution in [0, 0.1) is 0 Å². The van der Waals surface area contributed by atoms with Gasteiger partial charge in [-0.3, -0.25) is 4.90 Å². The summed E-state index contributed by atoms with van der Waals surface area (Å²) in [4.78, 5) is 8.84. The minimum absolute atomic E-state index is 0.479. The third kappa shape index (κ3) is 4.35. The number of nitrogens with zero attached hydrogens (tertiary/aromatic N) is 2. The number of aromatic nitrogens is 1. The summed E-state index contributed by atoms with van der Waals surface area (Å²) in [5.41, 5.74) is 2.23. The van der Waals surface area contributed by atoms with Crippen LogP contribution in [0.4, 0.5) is 0 Å². The maximum absolute atomic E-state index is 5.97. The van der Waals surface area contributed by atoms with Crippen LogP contribution >= 0.6 is 34.3 Å². The maximum atomic E-state index is 5.97. The molecule has 1 N–H and O–H groups in total. The maximum Gasteiger partial charge on any atom is 0.123 e. The van der Waals surface area contributed by atoms with Gasteiger partial charge in [-0.05, 0) is 49.5 Å². The second-order valence-electron chi connectivity index (χ2n) is 6.56. The molecule has 1 fully saturated rings. The molecule has 3 nitrogen and oxygen atoms in total. The number of benzene rings is 1. The van der Waals surface area contributed by atoms with Gasteiger partial charge in [-0.15, -0.1) is 22.7 Å².